The molecule has 0 saturated heterocycles. The van der Waals surface area contributed by atoms with Crippen molar-refractivity contribution < 1.29 is 4.79 Å². The fraction of sp³-hybridized carbons (Fsp3) is 0.500. The molecule has 1 rings (SSSR count). The average Bonchev–Trinajstić information content (AvgIpc) is 2.36. The van der Waals surface area contributed by atoms with Gasteiger partial charge in [0.25, 0.3) is 0 Å². The summed E-state index contributed by atoms with van der Waals surface area (Å²) in [6.07, 6.45) is 1.26. The van der Waals surface area contributed by atoms with E-state index in [0.29, 0.717) is 18.8 Å². The van der Waals surface area contributed by atoms with Crippen LogP contribution in [0.15, 0.2) is 24.3 Å². The Morgan fingerprint density at radius 2 is 1.78 bits per heavy atom. The molecule has 1 aromatic carbocycles. The van der Waals surface area contributed by atoms with E-state index in [1.807, 2.05) is 21.1 Å². The smallest absolute Gasteiger partial charge is 0.222 e. The second kappa shape index (κ2) is 7.27. The van der Waals surface area contributed by atoms with Crippen LogP contribution in [0, 0.1) is 0 Å². The molecule has 0 N–H and O–H groups in total. The molecular formula is C14H21ClN2O. The number of carbonyl (C=O) groups is 1. The van der Waals surface area contributed by atoms with Crippen molar-refractivity contribution in [3.05, 3.63) is 29.8 Å². The lowest BCUT2D eigenvalue weighted by Crippen LogP contribution is -2.25. The topological polar surface area (TPSA) is 23.6 Å². The second-order valence-corrected chi connectivity index (χ2v) is 4.98. The van der Waals surface area contributed by atoms with Crippen LogP contribution in [0.4, 0.5) is 5.69 Å². The molecule has 0 aliphatic carbocycles. The Morgan fingerprint density at radius 1 is 1.17 bits per heavy atom. The van der Waals surface area contributed by atoms with Crippen LogP contribution < -0.4 is 4.90 Å². The summed E-state index contributed by atoms with van der Waals surface area (Å²) in [6, 6.07) is 8.24. The number of rotatable bonds is 6. The van der Waals surface area contributed by atoms with Crippen molar-refractivity contribution in [3.63, 3.8) is 0 Å². The van der Waals surface area contributed by atoms with Crippen molar-refractivity contribution >= 4 is 23.2 Å². The van der Waals surface area contributed by atoms with Crippen molar-refractivity contribution in [2.24, 2.45) is 0 Å². The van der Waals surface area contributed by atoms with Crippen LogP contribution in [0.25, 0.3) is 0 Å². The fourth-order valence-corrected chi connectivity index (χ4v) is 1.80. The minimum Gasteiger partial charge on any atom is -0.378 e. The van der Waals surface area contributed by atoms with E-state index in [0.717, 1.165) is 17.7 Å². The molecule has 4 heteroatoms. The van der Waals surface area contributed by atoms with Gasteiger partial charge in [-0.25, -0.2) is 0 Å². The molecule has 1 aromatic rings. The number of hydrogen-bond acceptors (Lipinski definition) is 2. The van der Waals surface area contributed by atoms with Gasteiger partial charge in [0.15, 0.2) is 0 Å². The van der Waals surface area contributed by atoms with Crippen LogP contribution in [-0.2, 0) is 11.3 Å². The second-order valence-electron chi connectivity index (χ2n) is 4.60. The van der Waals surface area contributed by atoms with E-state index in [2.05, 4.69) is 29.2 Å². The molecule has 18 heavy (non-hydrogen) atoms. The molecule has 0 aromatic heterocycles. The van der Waals surface area contributed by atoms with E-state index in [1.165, 1.54) is 0 Å². The highest BCUT2D eigenvalue weighted by molar-refractivity contribution is 6.17. The molecule has 1 amide bonds. The zero-order valence-electron chi connectivity index (χ0n) is 11.3. The van der Waals surface area contributed by atoms with Gasteiger partial charge in [-0.1, -0.05) is 12.1 Å². The molecule has 0 bridgehead atoms. The molecule has 0 aliphatic rings. The fourth-order valence-electron chi connectivity index (χ4n) is 1.67. The maximum atomic E-state index is 11.7. The Balaban J connectivity index is 2.53. The lowest BCUT2D eigenvalue weighted by atomic mass is 10.2. The summed E-state index contributed by atoms with van der Waals surface area (Å²) < 4.78 is 0. The van der Waals surface area contributed by atoms with Gasteiger partial charge < -0.3 is 9.80 Å². The van der Waals surface area contributed by atoms with Gasteiger partial charge in [0.05, 0.1) is 0 Å². The molecule has 0 fully saturated rings. The number of benzene rings is 1. The Morgan fingerprint density at radius 3 is 2.28 bits per heavy atom. The number of alkyl halides is 1. The van der Waals surface area contributed by atoms with Gasteiger partial charge in [0.1, 0.15) is 0 Å². The van der Waals surface area contributed by atoms with Crippen LogP contribution in [0.1, 0.15) is 18.4 Å². The summed E-state index contributed by atoms with van der Waals surface area (Å²) >= 11 is 5.58. The zero-order chi connectivity index (χ0) is 13.5. The van der Waals surface area contributed by atoms with Gasteiger partial charge in [-0.15, -0.1) is 11.6 Å². The Bertz CT molecular complexity index is 376. The largest absolute Gasteiger partial charge is 0.378 e. The van der Waals surface area contributed by atoms with E-state index in [4.69, 9.17) is 11.6 Å². The Labute approximate surface area is 114 Å². The van der Waals surface area contributed by atoms with E-state index < -0.39 is 0 Å². The summed E-state index contributed by atoms with van der Waals surface area (Å²) in [5.41, 5.74) is 2.30. The molecule has 0 spiro atoms. The van der Waals surface area contributed by atoms with Crippen molar-refractivity contribution in [2.45, 2.75) is 19.4 Å². The first-order valence-electron chi connectivity index (χ1n) is 6.10. The van der Waals surface area contributed by atoms with E-state index in [9.17, 15) is 4.79 Å². The number of amides is 1. The van der Waals surface area contributed by atoms with Crippen LogP contribution in [0.2, 0.25) is 0 Å². The van der Waals surface area contributed by atoms with Gasteiger partial charge >= 0.3 is 0 Å². The number of carbonyl (C=O) groups excluding carboxylic acids is 1. The van der Waals surface area contributed by atoms with E-state index in [-0.39, 0.29) is 5.91 Å². The summed E-state index contributed by atoms with van der Waals surface area (Å²) in [7, 11) is 5.85. The maximum absolute atomic E-state index is 11.7. The molecule has 3 nitrogen and oxygen atoms in total. The van der Waals surface area contributed by atoms with Crippen LogP contribution in [0.3, 0.4) is 0 Å². The van der Waals surface area contributed by atoms with Crippen molar-refractivity contribution in [2.75, 3.05) is 31.9 Å². The van der Waals surface area contributed by atoms with Gasteiger partial charge in [-0.2, -0.15) is 0 Å². The van der Waals surface area contributed by atoms with E-state index >= 15 is 0 Å². The normalized spacial score (nSPS) is 10.2. The van der Waals surface area contributed by atoms with Gasteiger partial charge in [0.2, 0.25) is 5.91 Å². The SMILES string of the molecule is CN(Cc1ccc(N(C)C)cc1)C(=O)CCCCl. The Hall–Kier alpha value is -1.22. The minimum absolute atomic E-state index is 0.146. The molecule has 0 atom stereocenters. The van der Waals surface area contributed by atoms with Gasteiger partial charge in [-0.05, 0) is 24.1 Å². The predicted octanol–water partition coefficient (Wildman–Crippen LogP) is 2.73. The summed E-state index contributed by atoms with van der Waals surface area (Å²) in [5.74, 6) is 0.684. The highest BCUT2D eigenvalue weighted by atomic mass is 35.5. The number of nitrogens with zero attached hydrogens (tertiary/aromatic N) is 2. The average molecular weight is 269 g/mol. The third-order valence-corrected chi connectivity index (χ3v) is 3.09. The first kappa shape index (κ1) is 14.8. The van der Waals surface area contributed by atoms with Crippen LogP contribution in [-0.4, -0.2) is 37.8 Å². The monoisotopic (exact) mass is 268 g/mol. The van der Waals surface area contributed by atoms with Crippen molar-refractivity contribution in [3.8, 4) is 0 Å². The lowest BCUT2D eigenvalue weighted by molar-refractivity contribution is -0.130. The summed E-state index contributed by atoms with van der Waals surface area (Å²) in [6.45, 7) is 0.648. The molecule has 0 aliphatic heterocycles. The Kier molecular flexibility index (Phi) is 5.99. The predicted molar refractivity (Wildman–Crippen MR) is 77.2 cm³/mol. The summed E-state index contributed by atoms with van der Waals surface area (Å²) in [4.78, 5) is 15.5. The molecule has 0 unspecified atom stereocenters. The maximum Gasteiger partial charge on any atom is 0.222 e. The summed E-state index contributed by atoms with van der Waals surface area (Å²) in [5, 5.41) is 0. The molecule has 100 valence electrons. The van der Waals surface area contributed by atoms with Gasteiger partial charge in [-0.3, -0.25) is 4.79 Å². The van der Waals surface area contributed by atoms with Crippen molar-refractivity contribution in [1.29, 1.82) is 0 Å². The molecule has 0 radical (unpaired) electrons. The van der Waals surface area contributed by atoms with E-state index in [1.54, 1.807) is 4.90 Å². The molecular weight excluding hydrogens is 248 g/mol. The standard InChI is InChI=1S/C14H21ClN2O/c1-16(2)13-8-6-12(7-9-13)11-17(3)14(18)5-4-10-15/h6-9H,4-5,10-11H2,1-3H3. The quantitative estimate of drug-likeness (QED) is 0.741. The molecule has 0 saturated carbocycles. The third-order valence-electron chi connectivity index (χ3n) is 2.82. The lowest BCUT2D eigenvalue weighted by Gasteiger charge is -2.18. The number of anilines is 1. The van der Waals surface area contributed by atoms with Crippen molar-refractivity contribution in [1.82, 2.24) is 4.90 Å². The number of hydrogen-bond donors (Lipinski definition) is 0. The highest BCUT2D eigenvalue weighted by Crippen LogP contribution is 2.13. The third kappa shape index (κ3) is 4.57. The highest BCUT2D eigenvalue weighted by Gasteiger charge is 2.08. The number of halogens is 1. The van der Waals surface area contributed by atoms with Gasteiger partial charge in [0, 0.05) is 45.7 Å². The van der Waals surface area contributed by atoms with Crippen LogP contribution >= 0.6 is 11.6 Å². The minimum atomic E-state index is 0.146. The van der Waals surface area contributed by atoms with Crippen LogP contribution in [0.5, 0.6) is 0 Å². The first-order chi connectivity index (χ1) is 8.54. The molecule has 0 heterocycles. The first-order valence-corrected chi connectivity index (χ1v) is 6.64. The zero-order valence-corrected chi connectivity index (χ0v) is 12.1.